The number of amides is 1. The van der Waals surface area contributed by atoms with Crippen LogP contribution in [0.25, 0.3) is 10.2 Å². The van der Waals surface area contributed by atoms with Gasteiger partial charge in [0.05, 0.1) is 35.2 Å². The van der Waals surface area contributed by atoms with E-state index < -0.39 is 17.6 Å². The third kappa shape index (κ3) is 4.24. The lowest BCUT2D eigenvalue weighted by Gasteiger charge is -2.19. The number of benzene rings is 2. The molecule has 4 aromatic rings. The molecule has 160 valence electrons. The number of anilines is 1. The highest BCUT2D eigenvalue weighted by atomic mass is 35.5. The van der Waals surface area contributed by atoms with E-state index in [-0.39, 0.29) is 17.2 Å². The molecule has 0 aliphatic carbocycles. The van der Waals surface area contributed by atoms with Crippen LogP contribution in [-0.4, -0.2) is 18.0 Å². The lowest BCUT2D eigenvalue weighted by Crippen LogP contribution is -2.30. The van der Waals surface area contributed by atoms with Crippen molar-refractivity contribution in [2.45, 2.75) is 12.7 Å². The van der Waals surface area contributed by atoms with Crippen molar-refractivity contribution in [3.8, 4) is 5.75 Å². The quantitative estimate of drug-likeness (QED) is 0.340. The summed E-state index contributed by atoms with van der Waals surface area (Å²) in [5.74, 6) is 0.251. The van der Waals surface area contributed by atoms with E-state index in [1.54, 1.807) is 24.3 Å². The summed E-state index contributed by atoms with van der Waals surface area (Å²) in [5, 5.41) is 0.671. The number of ether oxygens (including phenoxy) is 1. The molecule has 31 heavy (non-hydrogen) atoms. The van der Waals surface area contributed by atoms with Gasteiger partial charge in [-0.3, -0.25) is 9.69 Å². The zero-order chi connectivity index (χ0) is 22.2. The van der Waals surface area contributed by atoms with Crippen molar-refractivity contribution in [3.63, 3.8) is 0 Å². The maximum absolute atomic E-state index is 13.3. The molecule has 1 amide bonds. The molecule has 0 aliphatic heterocycles. The molecule has 0 N–H and O–H groups in total. The number of carbonyl (C=O) groups is 1. The smallest absolute Gasteiger partial charge is 0.416 e. The van der Waals surface area contributed by atoms with Crippen molar-refractivity contribution in [2.24, 2.45) is 0 Å². The Hall–Kier alpha value is -3.04. The lowest BCUT2D eigenvalue weighted by atomic mass is 10.1. The lowest BCUT2D eigenvalue weighted by molar-refractivity contribution is -0.137. The number of hydrogen-bond acceptors (Lipinski definition) is 5. The number of alkyl halides is 3. The number of aromatic nitrogens is 1. The Bertz CT molecular complexity index is 1240. The number of carbonyl (C=O) groups excluding carboxylic acids is 1. The number of thiazole rings is 1. The van der Waals surface area contributed by atoms with E-state index in [1.165, 1.54) is 30.4 Å². The van der Waals surface area contributed by atoms with Gasteiger partial charge in [-0.25, -0.2) is 4.98 Å². The predicted octanol–water partition coefficient (Wildman–Crippen LogP) is 6.42. The monoisotopic (exact) mass is 466 g/mol. The number of hydrogen-bond donors (Lipinski definition) is 0. The highest BCUT2D eigenvalue weighted by Crippen LogP contribution is 2.39. The number of methoxy groups -OCH3 is 1. The molecule has 2 aromatic heterocycles. The molecule has 0 spiro atoms. The first-order valence-corrected chi connectivity index (χ1v) is 10.1. The minimum Gasteiger partial charge on any atom is -0.494 e. The first-order valence-electron chi connectivity index (χ1n) is 8.92. The van der Waals surface area contributed by atoms with Gasteiger partial charge in [0.1, 0.15) is 17.0 Å². The molecule has 0 aliphatic rings. The first kappa shape index (κ1) is 21.2. The molecule has 5 nitrogen and oxygen atoms in total. The van der Waals surface area contributed by atoms with Gasteiger partial charge in [0.2, 0.25) is 0 Å². The van der Waals surface area contributed by atoms with Gasteiger partial charge in [0.15, 0.2) is 5.13 Å². The van der Waals surface area contributed by atoms with Crippen LogP contribution in [0.2, 0.25) is 5.02 Å². The summed E-state index contributed by atoms with van der Waals surface area (Å²) in [6.45, 7) is -0.0260. The van der Waals surface area contributed by atoms with Gasteiger partial charge in [-0.15, -0.1) is 0 Å². The number of furan rings is 1. The molecule has 0 atom stereocenters. The zero-order valence-corrected chi connectivity index (χ0v) is 17.5. The van der Waals surface area contributed by atoms with Gasteiger partial charge in [-0.2, -0.15) is 13.2 Å². The van der Waals surface area contributed by atoms with Crippen molar-refractivity contribution in [2.75, 3.05) is 12.0 Å². The zero-order valence-electron chi connectivity index (χ0n) is 15.9. The molecule has 0 unspecified atom stereocenters. The van der Waals surface area contributed by atoms with E-state index in [0.717, 1.165) is 23.5 Å². The van der Waals surface area contributed by atoms with Crippen LogP contribution in [0.15, 0.2) is 59.2 Å². The summed E-state index contributed by atoms with van der Waals surface area (Å²) in [4.78, 5) is 19.0. The average molecular weight is 467 g/mol. The number of halogens is 4. The van der Waals surface area contributed by atoms with Crippen LogP contribution in [0.5, 0.6) is 5.75 Å². The van der Waals surface area contributed by atoms with Crippen molar-refractivity contribution in [3.05, 3.63) is 76.7 Å². The highest BCUT2D eigenvalue weighted by molar-refractivity contribution is 7.23. The molecule has 2 heterocycles. The van der Waals surface area contributed by atoms with E-state index in [9.17, 15) is 18.0 Å². The normalized spacial score (nSPS) is 11.6. The highest BCUT2D eigenvalue weighted by Gasteiger charge is 2.32. The van der Waals surface area contributed by atoms with Crippen molar-refractivity contribution >= 4 is 44.2 Å². The van der Waals surface area contributed by atoms with Gasteiger partial charge in [-0.05, 0) is 42.5 Å². The molecular weight excluding hydrogens is 453 g/mol. The Morgan fingerprint density at radius 2 is 2.03 bits per heavy atom. The van der Waals surface area contributed by atoms with Crippen LogP contribution in [0, 0.1) is 0 Å². The Morgan fingerprint density at radius 3 is 2.71 bits per heavy atom. The fourth-order valence-corrected chi connectivity index (χ4v) is 4.24. The molecule has 4 rings (SSSR count). The summed E-state index contributed by atoms with van der Waals surface area (Å²) in [5.41, 5.74) is -0.583. The molecule has 0 saturated carbocycles. The third-order valence-corrected chi connectivity index (χ3v) is 6.01. The third-order valence-electron chi connectivity index (χ3n) is 4.47. The summed E-state index contributed by atoms with van der Waals surface area (Å²) >= 11 is 7.42. The Morgan fingerprint density at radius 1 is 1.23 bits per heavy atom. The van der Waals surface area contributed by atoms with E-state index in [1.807, 2.05) is 0 Å². The SMILES string of the molecule is COc1ccc(Cl)c2sc(N(Cc3ccco3)C(=O)c3cccc(C(F)(F)F)c3)nc12. The van der Waals surface area contributed by atoms with Crippen molar-refractivity contribution in [1.82, 2.24) is 4.98 Å². The Balaban J connectivity index is 1.81. The standard InChI is InChI=1S/C21H14ClF3N2O3S/c1-29-16-8-7-15(22)18-17(16)26-20(31-18)27(11-14-6-3-9-30-14)19(28)12-4-2-5-13(10-12)21(23,24)25/h2-10H,11H2,1H3. The van der Waals surface area contributed by atoms with Gasteiger partial charge in [0.25, 0.3) is 5.91 Å². The van der Waals surface area contributed by atoms with E-state index >= 15 is 0 Å². The van der Waals surface area contributed by atoms with Crippen LogP contribution in [-0.2, 0) is 12.7 Å². The van der Waals surface area contributed by atoms with Crippen LogP contribution >= 0.6 is 22.9 Å². The second-order valence-corrected chi connectivity index (χ2v) is 7.86. The Kier molecular flexibility index (Phi) is 5.63. The molecular formula is C21H14ClF3N2O3S. The fourth-order valence-electron chi connectivity index (χ4n) is 2.99. The number of fused-ring (bicyclic) bond motifs is 1. The van der Waals surface area contributed by atoms with Crippen molar-refractivity contribution < 1.29 is 27.1 Å². The van der Waals surface area contributed by atoms with Crippen LogP contribution in [0.1, 0.15) is 21.7 Å². The van der Waals surface area contributed by atoms with E-state index in [2.05, 4.69) is 4.98 Å². The molecule has 0 fully saturated rings. The largest absolute Gasteiger partial charge is 0.494 e. The fraction of sp³-hybridized carbons (Fsp3) is 0.143. The predicted molar refractivity (Wildman–Crippen MR) is 112 cm³/mol. The summed E-state index contributed by atoms with van der Waals surface area (Å²) < 4.78 is 50.7. The van der Waals surface area contributed by atoms with Crippen LogP contribution in [0.4, 0.5) is 18.3 Å². The molecule has 0 bridgehead atoms. The summed E-state index contributed by atoms with van der Waals surface area (Å²) in [7, 11) is 1.48. The van der Waals surface area contributed by atoms with Gasteiger partial charge < -0.3 is 9.15 Å². The van der Waals surface area contributed by atoms with Gasteiger partial charge in [-0.1, -0.05) is 29.0 Å². The summed E-state index contributed by atoms with van der Waals surface area (Å²) in [6, 6.07) is 10.9. The molecule has 0 radical (unpaired) electrons. The Labute approximate surface area is 183 Å². The second-order valence-electron chi connectivity index (χ2n) is 6.47. The minimum absolute atomic E-state index is 0.0260. The van der Waals surface area contributed by atoms with Gasteiger partial charge in [0, 0.05) is 5.56 Å². The number of nitrogens with zero attached hydrogens (tertiary/aromatic N) is 2. The first-order chi connectivity index (χ1) is 14.8. The van der Waals surface area contributed by atoms with Gasteiger partial charge >= 0.3 is 6.18 Å². The molecule has 2 aromatic carbocycles. The maximum atomic E-state index is 13.3. The summed E-state index contributed by atoms with van der Waals surface area (Å²) in [6.07, 6.45) is -3.13. The topological polar surface area (TPSA) is 55.6 Å². The second kappa shape index (κ2) is 8.24. The molecule has 10 heteroatoms. The van der Waals surface area contributed by atoms with Crippen molar-refractivity contribution in [1.29, 1.82) is 0 Å². The number of rotatable bonds is 5. The van der Waals surface area contributed by atoms with E-state index in [0.29, 0.717) is 26.7 Å². The van der Waals surface area contributed by atoms with E-state index in [4.69, 9.17) is 20.8 Å². The maximum Gasteiger partial charge on any atom is 0.416 e. The average Bonchev–Trinajstić information content (AvgIpc) is 3.42. The minimum atomic E-state index is -4.57. The van der Waals surface area contributed by atoms with Crippen LogP contribution in [0.3, 0.4) is 0 Å². The van der Waals surface area contributed by atoms with Crippen LogP contribution < -0.4 is 9.64 Å². The molecule has 0 saturated heterocycles.